The van der Waals surface area contributed by atoms with Gasteiger partial charge < -0.3 is 10.6 Å². The fraction of sp³-hybridized carbons (Fsp3) is 0.917. The molecule has 1 fully saturated rings. The van der Waals surface area contributed by atoms with Gasteiger partial charge in [-0.05, 0) is 32.6 Å². The number of rotatable bonds is 3. The van der Waals surface area contributed by atoms with E-state index in [4.69, 9.17) is 5.73 Å². The predicted molar refractivity (Wildman–Crippen MR) is 62.4 cm³/mol. The summed E-state index contributed by atoms with van der Waals surface area (Å²) >= 11 is 0. The van der Waals surface area contributed by atoms with Gasteiger partial charge in [-0.1, -0.05) is 13.8 Å². The molecule has 0 bridgehead atoms. The second-order valence-corrected chi connectivity index (χ2v) is 5.59. The minimum absolute atomic E-state index is 0.0142. The third kappa shape index (κ3) is 2.71. The second-order valence-electron chi connectivity index (χ2n) is 5.59. The number of hydrogen-bond acceptors (Lipinski definition) is 2. The van der Waals surface area contributed by atoms with Crippen LogP contribution in [0.2, 0.25) is 0 Å². The minimum Gasteiger partial charge on any atom is -0.342 e. The van der Waals surface area contributed by atoms with E-state index in [0.29, 0.717) is 5.92 Å². The minimum atomic E-state index is -0.380. The third-order valence-electron chi connectivity index (χ3n) is 3.45. The Bertz CT molecular complexity index is 236. The zero-order valence-electron chi connectivity index (χ0n) is 10.4. The van der Waals surface area contributed by atoms with Gasteiger partial charge in [0.1, 0.15) is 0 Å². The Morgan fingerprint density at radius 1 is 1.53 bits per heavy atom. The first-order chi connectivity index (χ1) is 6.85. The van der Waals surface area contributed by atoms with Crippen LogP contribution in [0.4, 0.5) is 0 Å². The molecule has 1 aliphatic heterocycles. The first-order valence-corrected chi connectivity index (χ1v) is 5.90. The summed E-state index contributed by atoms with van der Waals surface area (Å²) in [4.78, 5) is 14.1. The average Bonchev–Trinajstić information content (AvgIpc) is 2.14. The summed E-state index contributed by atoms with van der Waals surface area (Å²) in [6.45, 7) is 10.0. The third-order valence-corrected chi connectivity index (χ3v) is 3.45. The summed E-state index contributed by atoms with van der Waals surface area (Å²) in [6, 6.07) is 0.0142. The average molecular weight is 212 g/mol. The molecule has 0 aromatic carbocycles. The van der Waals surface area contributed by atoms with E-state index in [-0.39, 0.29) is 17.4 Å². The first kappa shape index (κ1) is 12.5. The number of carbonyl (C=O) groups excluding carboxylic acids is 1. The van der Waals surface area contributed by atoms with Gasteiger partial charge in [-0.15, -0.1) is 0 Å². The van der Waals surface area contributed by atoms with Crippen LogP contribution >= 0.6 is 0 Å². The van der Waals surface area contributed by atoms with Crippen molar-refractivity contribution in [1.29, 1.82) is 0 Å². The van der Waals surface area contributed by atoms with Gasteiger partial charge in [0.05, 0.1) is 5.41 Å². The van der Waals surface area contributed by atoms with Gasteiger partial charge in [-0.3, -0.25) is 4.79 Å². The molecule has 3 nitrogen and oxygen atoms in total. The molecule has 88 valence electrons. The van der Waals surface area contributed by atoms with Crippen molar-refractivity contribution in [3.05, 3.63) is 0 Å². The highest BCUT2D eigenvalue weighted by Crippen LogP contribution is 2.29. The van der Waals surface area contributed by atoms with Crippen molar-refractivity contribution < 1.29 is 4.79 Å². The summed E-state index contributed by atoms with van der Waals surface area (Å²) < 4.78 is 0. The highest BCUT2D eigenvalue weighted by Gasteiger charge is 2.41. The Morgan fingerprint density at radius 3 is 2.67 bits per heavy atom. The maximum Gasteiger partial charge on any atom is 0.229 e. The van der Waals surface area contributed by atoms with Crippen molar-refractivity contribution in [2.75, 3.05) is 13.1 Å². The van der Waals surface area contributed by atoms with E-state index in [2.05, 4.69) is 13.8 Å². The number of nitrogens with two attached hydrogens (primary N) is 1. The Kier molecular flexibility index (Phi) is 3.77. The molecule has 1 amide bonds. The zero-order chi connectivity index (χ0) is 11.6. The summed E-state index contributed by atoms with van der Waals surface area (Å²) in [5, 5.41) is 0. The van der Waals surface area contributed by atoms with Crippen LogP contribution in [-0.4, -0.2) is 29.9 Å². The van der Waals surface area contributed by atoms with Crippen LogP contribution in [0.25, 0.3) is 0 Å². The number of nitrogens with zero attached hydrogens (tertiary/aromatic N) is 1. The normalized spacial score (nSPS) is 26.1. The molecular weight excluding hydrogens is 188 g/mol. The largest absolute Gasteiger partial charge is 0.342 e. The Labute approximate surface area is 93.0 Å². The van der Waals surface area contributed by atoms with Gasteiger partial charge >= 0.3 is 0 Å². The number of carbonyl (C=O) groups is 1. The molecule has 2 N–H and O–H groups in total. The molecular formula is C12H24N2O. The fourth-order valence-electron chi connectivity index (χ4n) is 1.95. The summed E-state index contributed by atoms with van der Waals surface area (Å²) in [7, 11) is 0. The molecule has 1 rings (SSSR count). The lowest BCUT2D eigenvalue weighted by Gasteiger charge is -2.41. The molecule has 0 aliphatic carbocycles. The molecule has 0 aromatic heterocycles. The highest BCUT2D eigenvalue weighted by atomic mass is 16.2. The topological polar surface area (TPSA) is 46.3 Å². The van der Waals surface area contributed by atoms with E-state index in [9.17, 15) is 4.79 Å². The lowest BCUT2D eigenvalue weighted by atomic mass is 9.78. The molecule has 3 heteroatoms. The predicted octanol–water partition coefficient (Wildman–Crippen LogP) is 1.62. The molecule has 0 saturated carbocycles. The van der Waals surface area contributed by atoms with Crippen LogP contribution < -0.4 is 5.73 Å². The molecule has 0 spiro atoms. The smallest absolute Gasteiger partial charge is 0.229 e. The van der Waals surface area contributed by atoms with E-state index >= 15 is 0 Å². The van der Waals surface area contributed by atoms with Crippen LogP contribution in [0.1, 0.15) is 40.5 Å². The lowest BCUT2D eigenvalue weighted by molar-refractivity contribution is -0.145. The van der Waals surface area contributed by atoms with Gasteiger partial charge in [0, 0.05) is 19.1 Å². The SMILES string of the molecule is CC(C)CCN1CCC(N)C(C)(C)C1=O. The van der Waals surface area contributed by atoms with Crippen molar-refractivity contribution in [3.63, 3.8) is 0 Å². The van der Waals surface area contributed by atoms with E-state index in [1.165, 1.54) is 0 Å². The van der Waals surface area contributed by atoms with E-state index in [1.807, 2.05) is 18.7 Å². The Morgan fingerprint density at radius 2 is 2.13 bits per heavy atom. The monoisotopic (exact) mass is 212 g/mol. The Balaban J connectivity index is 2.58. The van der Waals surface area contributed by atoms with E-state index in [1.54, 1.807) is 0 Å². The fourth-order valence-corrected chi connectivity index (χ4v) is 1.95. The Hall–Kier alpha value is -0.570. The van der Waals surface area contributed by atoms with Crippen molar-refractivity contribution in [2.24, 2.45) is 17.1 Å². The van der Waals surface area contributed by atoms with E-state index < -0.39 is 0 Å². The van der Waals surface area contributed by atoms with Crippen LogP contribution in [0, 0.1) is 11.3 Å². The van der Waals surface area contributed by atoms with E-state index in [0.717, 1.165) is 25.9 Å². The molecule has 1 heterocycles. The number of hydrogen-bond donors (Lipinski definition) is 1. The molecule has 1 atom stereocenters. The summed E-state index contributed by atoms with van der Waals surface area (Å²) in [5.74, 6) is 0.874. The zero-order valence-corrected chi connectivity index (χ0v) is 10.4. The van der Waals surface area contributed by atoms with Crippen LogP contribution in [-0.2, 0) is 4.79 Å². The van der Waals surface area contributed by atoms with Gasteiger partial charge in [0.25, 0.3) is 0 Å². The van der Waals surface area contributed by atoms with Crippen molar-refractivity contribution in [3.8, 4) is 0 Å². The maximum absolute atomic E-state index is 12.1. The standard InChI is InChI=1S/C12H24N2O/c1-9(2)5-7-14-8-6-10(13)12(3,4)11(14)15/h9-10H,5-8,13H2,1-4H3. The number of piperidine rings is 1. The number of amides is 1. The summed E-state index contributed by atoms with van der Waals surface area (Å²) in [6.07, 6.45) is 2.01. The van der Waals surface area contributed by atoms with Gasteiger partial charge in [-0.2, -0.15) is 0 Å². The molecule has 1 saturated heterocycles. The van der Waals surface area contributed by atoms with Crippen LogP contribution in [0.15, 0.2) is 0 Å². The maximum atomic E-state index is 12.1. The van der Waals surface area contributed by atoms with Crippen molar-refractivity contribution >= 4 is 5.91 Å². The van der Waals surface area contributed by atoms with Crippen molar-refractivity contribution in [1.82, 2.24) is 4.90 Å². The molecule has 0 aromatic rings. The number of likely N-dealkylation sites (tertiary alicyclic amines) is 1. The van der Waals surface area contributed by atoms with Gasteiger partial charge in [0.2, 0.25) is 5.91 Å². The molecule has 1 unspecified atom stereocenters. The lowest BCUT2D eigenvalue weighted by Crippen LogP contribution is -2.56. The first-order valence-electron chi connectivity index (χ1n) is 5.90. The van der Waals surface area contributed by atoms with Crippen LogP contribution in [0.5, 0.6) is 0 Å². The van der Waals surface area contributed by atoms with Gasteiger partial charge in [-0.25, -0.2) is 0 Å². The highest BCUT2D eigenvalue weighted by molar-refractivity contribution is 5.83. The molecule has 0 radical (unpaired) electrons. The van der Waals surface area contributed by atoms with Gasteiger partial charge in [0.15, 0.2) is 0 Å². The quantitative estimate of drug-likeness (QED) is 0.772. The van der Waals surface area contributed by atoms with Crippen LogP contribution in [0.3, 0.4) is 0 Å². The molecule has 15 heavy (non-hydrogen) atoms. The second kappa shape index (κ2) is 4.52. The summed E-state index contributed by atoms with van der Waals surface area (Å²) in [5.41, 5.74) is 5.59. The molecule has 1 aliphatic rings. The van der Waals surface area contributed by atoms with Crippen molar-refractivity contribution in [2.45, 2.75) is 46.6 Å².